The molecule has 1 N–H and O–H groups in total. The van der Waals surface area contributed by atoms with Crippen molar-refractivity contribution in [3.63, 3.8) is 0 Å². The van der Waals surface area contributed by atoms with Gasteiger partial charge in [0.1, 0.15) is 17.2 Å². The first-order valence-electron chi connectivity index (χ1n) is 12.7. The van der Waals surface area contributed by atoms with Gasteiger partial charge in [0.05, 0.1) is 23.1 Å². The van der Waals surface area contributed by atoms with Gasteiger partial charge in [-0.3, -0.25) is 13.8 Å². The van der Waals surface area contributed by atoms with Crippen LogP contribution in [0, 0.1) is 0 Å². The van der Waals surface area contributed by atoms with Crippen LogP contribution in [0.1, 0.15) is 59.9 Å². The van der Waals surface area contributed by atoms with Crippen molar-refractivity contribution < 1.29 is 36.8 Å². The van der Waals surface area contributed by atoms with Crippen LogP contribution in [0.25, 0.3) is 22.2 Å². The van der Waals surface area contributed by atoms with E-state index in [0.717, 1.165) is 18.2 Å². The second-order valence-corrected chi connectivity index (χ2v) is 11.9. The van der Waals surface area contributed by atoms with Crippen LogP contribution in [0.15, 0.2) is 48.8 Å². The number of ether oxygens (including phenoxy) is 1. The summed E-state index contributed by atoms with van der Waals surface area (Å²) in [6.45, 7) is 0.0627. The molecule has 0 saturated carbocycles. The second-order valence-electron chi connectivity index (χ2n) is 10.4. The van der Waals surface area contributed by atoms with Crippen LogP contribution in [0.5, 0.6) is 5.75 Å². The highest BCUT2D eigenvalue weighted by Gasteiger charge is 2.45. The number of rotatable bonds is 7. The number of halogens is 2. The molecule has 2 bridgehead atoms. The number of alkyl halides is 2. The lowest BCUT2D eigenvalue weighted by atomic mass is 9.97. The largest absolute Gasteiger partial charge is 0.472 e. The number of carbonyl (C=O) groups excluding carboxylic acids is 1. The van der Waals surface area contributed by atoms with Crippen molar-refractivity contribution in [2.75, 3.05) is 14.2 Å². The summed E-state index contributed by atoms with van der Waals surface area (Å²) in [5.41, 5.74) is 2.27. The molecule has 2 aromatic heterocycles. The van der Waals surface area contributed by atoms with Crippen LogP contribution in [0.3, 0.4) is 0 Å². The molecular formula is C27H26F2N5O6P. The van der Waals surface area contributed by atoms with Crippen molar-refractivity contribution in [3.8, 4) is 16.9 Å². The Balaban J connectivity index is 1.43. The number of phosphoric acid groups is 1. The fourth-order valence-electron chi connectivity index (χ4n) is 5.61. The van der Waals surface area contributed by atoms with Gasteiger partial charge in [-0.1, -0.05) is 12.1 Å². The summed E-state index contributed by atoms with van der Waals surface area (Å²) in [5.74, 6) is 0.524. The lowest BCUT2D eigenvalue weighted by molar-refractivity contribution is -0.0507. The summed E-state index contributed by atoms with van der Waals surface area (Å²) in [6.07, 6.45) is 3.61. The first kappa shape index (κ1) is 27.4. The van der Waals surface area contributed by atoms with Gasteiger partial charge in [-0.2, -0.15) is 8.78 Å². The second kappa shape index (κ2) is 9.66. The number of nitrogens with zero attached hydrogens (tertiary/aromatic N) is 5. The van der Waals surface area contributed by atoms with Gasteiger partial charge in [0.15, 0.2) is 5.82 Å². The number of carbonyl (C=O) groups is 1. The number of hydrogen-bond acceptors (Lipinski definition) is 8. The lowest BCUT2D eigenvalue weighted by Gasteiger charge is -2.25. The summed E-state index contributed by atoms with van der Waals surface area (Å²) < 4.78 is 55.2. The molecule has 0 radical (unpaired) electrons. The van der Waals surface area contributed by atoms with Gasteiger partial charge < -0.3 is 19.1 Å². The van der Waals surface area contributed by atoms with Gasteiger partial charge in [0.25, 0.3) is 5.91 Å². The van der Waals surface area contributed by atoms with Crippen molar-refractivity contribution in [2.45, 2.75) is 44.6 Å². The van der Waals surface area contributed by atoms with Gasteiger partial charge in [-0.15, -0.1) is 0 Å². The Bertz CT molecular complexity index is 1730. The molecule has 0 aliphatic carbocycles. The summed E-state index contributed by atoms with van der Waals surface area (Å²) in [4.78, 5) is 38.2. The summed E-state index contributed by atoms with van der Waals surface area (Å²) >= 11 is 0. The number of amides is 1. The van der Waals surface area contributed by atoms with Gasteiger partial charge in [0, 0.05) is 49.7 Å². The van der Waals surface area contributed by atoms with Gasteiger partial charge in [-0.25, -0.2) is 19.5 Å². The van der Waals surface area contributed by atoms with Crippen LogP contribution in [0.4, 0.5) is 8.78 Å². The lowest BCUT2D eigenvalue weighted by Crippen LogP contribution is -2.30. The van der Waals surface area contributed by atoms with Crippen LogP contribution in [0.2, 0.25) is 0 Å². The summed E-state index contributed by atoms with van der Waals surface area (Å²) in [7, 11) is -1.52. The van der Waals surface area contributed by atoms with Crippen LogP contribution in [-0.4, -0.2) is 56.0 Å². The van der Waals surface area contributed by atoms with E-state index in [1.165, 1.54) is 12.1 Å². The van der Waals surface area contributed by atoms with E-state index in [-0.39, 0.29) is 23.5 Å². The zero-order chi connectivity index (χ0) is 29.3. The van der Waals surface area contributed by atoms with Gasteiger partial charge in [0.2, 0.25) is 0 Å². The van der Waals surface area contributed by atoms with E-state index < -0.39 is 26.1 Å². The monoisotopic (exact) mass is 585 g/mol. The topological polar surface area (TPSA) is 129 Å². The number of aromatic nitrogens is 4. The Hall–Kier alpha value is -3.77. The highest BCUT2D eigenvalue weighted by molar-refractivity contribution is 7.47. The number of fused-ring (bicyclic) bond motifs is 9. The van der Waals surface area contributed by atoms with E-state index in [2.05, 4.69) is 14.5 Å². The molecule has 1 unspecified atom stereocenters. The maximum absolute atomic E-state index is 13.3. The molecule has 11 nitrogen and oxygen atoms in total. The number of hydrogen-bond donors (Lipinski definition) is 1. The summed E-state index contributed by atoms with van der Waals surface area (Å²) in [5, 5.41) is 0. The van der Waals surface area contributed by atoms with Crippen molar-refractivity contribution in [2.24, 2.45) is 0 Å². The molecule has 4 heterocycles. The fourth-order valence-corrected chi connectivity index (χ4v) is 6.35. The number of phosphoric ester groups is 1. The van der Waals surface area contributed by atoms with Crippen molar-refractivity contribution in [1.82, 2.24) is 24.4 Å². The van der Waals surface area contributed by atoms with E-state index in [9.17, 15) is 23.0 Å². The fraction of sp³-hybridized carbons (Fsp3) is 0.333. The molecule has 14 heteroatoms. The van der Waals surface area contributed by atoms with Gasteiger partial charge >= 0.3 is 14.4 Å². The molecule has 2 aliphatic heterocycles. The normalized spacial score (nSPS) is 19.7. The van der Waals surface area contributed by atoms with Crippen LogP contribution < -0.4 is 4.74 Å². The molecular weight excluding hydrogens is 559 g/mol. The Kier molecular flexibility index (Phi) is 6.46. The number of benzene rings is 2. The minimum Gasteiger partial charge on any atom is -0.434 e. The van der Waals surface area contributed by atoms with Gasteiger partial charge in [-0.05, 0) is 43.7 Å². The first-order chi connectivity index (χ1) is 19.4. The molecule has 2 aliphatic rings. The molecule has 214 valence electrons. The molecule has 6 rings (SSSR count). The molecule has 1 amide bonds. The maximum Gasteiger partial charge on any atom is 0.472 e. The zero-order valence-electron chi connectivity index (χ0n) is 22.5. The molecule has 4 aromatic rings. The van der Waals surface area contributed by atoms with E-state index in [1.54, 1.807) is 44.3 Å². The smallest absolute Gasteiger partial charge is 0.434 e. The Morgan fingerprint density at radius 1 is 1.12 bits per heavy atom. The minimum absolute atomic E-state index is 0.0366. The minimum atomic E-state index is -4.28. The highest BCUT2D eigenvalue weighted by Crippen LogP contribution is 2.51. The Morgan fingerprint density at radius 3 is 2.54 bits per heavy atom. The van der Waals surface area contributed by atoms with Crippen molar-refractivity contribution in [1.29, 1.82) is 0 Å². The molecule has 0 fully saturated rings. The number of imidazole rings is 1. The van der Waals surface area contributed by atoms with Crippen molar-refractivity contribution in [3.05, 3.63) is 71.6 Å². The van der Waals surface area contributed by atoms with E-state index in [1.807, 2.05) is 22.8 Å². The predicted octanol–water partition coefficient (Wildman–Crippen LogP) is 5.21. The van der Waals surface area contributed by atoms with Crippen LogP contribution in [-0.2, 0) is 19.2 Å². The molecule has 0 saturated heterocycles. The van der Waals surface area contributed by atoms with E-state index >= 15 is 0 Å². The standard InChI is InChI=1S/C27H26F2N5O6P/c1-27(2,40-41(36,37)38-4)25-30-12-15(13-31-25)14-8-9-17-18(10-14)34-19-11-20(23(34)32-17)33(3)24(35)16-6-5-7-21(22(16)19)39-26(28)29/h5-10,12-13,19-20,26H,11H2,1-4H3,(H,36,37)/t19-,20+/m0/s1. The SMILES string of the molecule is COP(=O)(O)OC(C)(C)c1ncc(-c2ccc3nc4n(c3c2)[C@H]2C[C@H]4N(C)C(=O)c3cccc(OC(F)F)c32)cn1. The molecule has 2 aromatic carbocycles. The summed E-state index contributed by atoms with van der Waals surface area (Å²) in [6, 6.07) is 9.42. The Morgan fingerprint density at radius 2 is 1.85 bits per heavy atom. The average molecular weight is 586 g/mol. The first-order valence-corrected chi connectivity index (χ1v) is 14.2. The third kappa shape index (κ3) is 4.58. The maximum atomic E-state index is 13.3. The zero-order valence-corrected chi connectivity index (χ0v) is 23.4. The van der Waals surface area contributed by atoms with Crippen molar-refractivity contribution >= 4 is 24.8 Å². The van der Waals surface area contributed by atoms with E-state index in [0.29, 0.717) is 34.5 Å². The third-order valence-electron chi connectivity index (χ3n) is 7.50. The third-order valence-corrected chi connectivity index (χ3v) is 8.65. The molecule has 0 spiro atoms. The average Bonchev–Trinajstić information content (AvgIpc) is 3.45. The predicted molar refractivity (Wildman–Crippen MR) is 142 cm³/mol. The highest BCUT2D eigenvalue weighted by atomic mass is 31.2. The molecule has 3 atom stereocenters. The van der Waals surface area contributed by atoms with E-state index in [4.69, 9.17) is 14.2 Å². The Labute approximate surface area is 233 Å². The molecule has 41 heavy (non-hydrogen) atoms. The quantitative estimate of drug-likeness (QED) is 0.291. The van der Waals surface area contributed by atoms with Crippen LogP contribution >= 0.6 is 7.82 Å².